The van der Waals surface area contributed by atoms with Crippen LogP contribution >= 0.6 is 12.4 Å². The second-order valence-electron chi connectivity index (χ2n) is 5.27. The van der Waals surface area contributed by atoms with Gasteiger partial charge in [0, 0.05) is 54.7 Å². The van der Waals surface area contributed by atoms with Crippen LogP contribution in [0.1, 0.15) is 10.4 Å². The first-order valence-electron chi connectivity index (χ1n) is 6.85. The summed E-state index contributed by atoms with van der Waals surface area (Å²) >= 11 is 0. The minimum Gasteiger partial charge on any atom is -0.352 e. The van der Waals surface area contributed by atoms with Crippen molar-refractivity contribution < 1.29 is 9.72 Å². The summed E-state index contributed by atoms with van der Waals surface area (Å²) in [5.74, 6) is -0.0185. The highest BCUT2D eigenvalue weighted by atomic mass is 35.5. The van der Waals surface area contributed by atoms with Gasteiger partial charge in [-0.15, -0.1) is 12.4 Å². The number of nitro groups is 1. The van der Waals surface area contributed by atoms with Crippen LogP contribution in [-0.4, -0.2) is 35.4 Å². The third kappa shape index (κ3) is 3.49. The summed E-state index contributed by atoms with van der Waals surface area (Å²) in [5.41, 5.74) is -0.00287. The number of nitrogens with zero attached hydrogens (tertiary/aromatic N) is 1. The molecular formula is C14H15ClN4O4. The van der Waals surface area contributed by atoms with Gasteiger partial charge in [-0.1, -0.05) is 0 Å². The van der Waals surface area contributed by atoms with Gasteiger partial charge in [0.1, 0.15) is 0 Å². The monoisotopic (exact) mass is 338 g/mol. The fourth-order valence-electron chi connectivity index (χ4n) is 2.37. The molecule has 2 aromatic rings. The van der Waals surface area contributed by atoms with Crippen molar-refractivity contribution in [3.05, 3.63) is 50.3 Å². The standard InChI is InChI=1S/C14H14N4O4.ClH/c19-13-4-11(14(20)16-7-8-5-15-6-8)10-3-9(18(21)22)1-2-12(10)17-13;/h1-4,8,15H,5-7H2,(H,16,20)(H,17,19);1H. The van der Waals surface area contributed by atoms with E-state index in [1.54, 1.807) is 0 Å². The number of aromatic nitrogens is 1. The predicted octanol–water partition coefficient (Wildman–Crippen LogP) is 0.807. The molecular weight excluding hydrogens is 324 g/mol. The van der Waals surface area contributed by atoms with Gasteiger partial charge in [-0.05, 0) is 6.07 Å². The van der Waals surface area contributed by atoms with Gasteiger partial charge in [0.15, 0.2) is 0 Å². The van der Waals surface area contributed by atoms with E-state index in [0.29, 0.717) is 23.4 Å². The van der Waals surface area contributed by atoms with E-state index in [1.807, 2.05) is 0 Å². The number of amides is 1. The minimum atomic E-state index is -0.535. The van der Waals surface area contributed by atoms with Crippen LogP contribution in [0.25, 0.3) is 10.9 Å². The quantitative estimate of drug-likeness (QED) is 0.563. The molecule has 0 atom stereocenters. The molecule has 2 heterocycles. The summed E-state index contributed by atoms with van der Waals surface area (Å²) in [4.78, 5) is 36.9. The maximum absolute atomic E-state index is 12.3. The fourth-order valence-corrected chi connectivity index (χ4v) is 2.37. The van der Waals surface area contributed by atoms with Gasteiger partial charge in [0.25, 0.3) is 11.6 Å². The zero-order valence-electron chi connectivity index (χ0n) is 12.0. The van der Waals surface area contributed by atoms with Gasteiger partial charge in [-0.25, -0.2) is 0 Å². The van der Waals surface area contributed by atoms with Crippen LogP contribution in [0.3, 0.4) is 0 Å². The summed E-state index contributed by atoms with van der Waals surface area (Å²) in [6.45, 7) is 2.21. The van der Waals surface area contributed by atoms with Crippen molar-refractivity contribution in [1.82, 2.24) is 15.6 Å². The van der Waals surface area contributed by atoms with E-state index in [2.05, 4.69) is 15.6 Å². The van der Waals surface area contributed by atoms with Crippen LogP contribution in [-0.2, 0) is 0 Å². The average molecular weight is 339 g/mol. The number of benzene rings is 1. The number of fused-ring (bicyclic) bond motifs is 1. The second-order valence-corrected chi connectivity index (χ2v) is 5.27. The summed E-state index contributed by atoms with van der Waals surface area (Å²) in [6, 6.07) is 5.19. The highest BCUT2D eigenvalue weighted by Crippen LogP contribution is 2.21. The first-order valence-corrected chi connectivity index (χ1v) is 6.85. The number of hydrogen-bond donors (Lipinski definition) is 3. The number of halogens is 1. The molecule has 0 radical (unpaired) electrons. The Kier molecular flexibility index (Phi) is 4.97. The minimum absolute atomic E-state index is 0. The lowest BCUT2D eigenvalue weighted by Crippen LogP contribution is -2.48. The highest BCUT2D eigenvalue weighted by Gasteiger charge is 2.19. The van der Waals surface area contributed by atoms with E-state index >= 15 is 0 Å². The zero-order valence-corrected chi connectivity index (χ0v) is 12.8. The van der Waals surface area contributed by atoms with Gasteiger partial charge in [-0.2, -0.15) is 0 Å². The Morgan fingerprint density at radius 1 is 1.35 bits per heavy atom. The van der Waals surface area contributed by atoms with Crippen molar-refractivity contribution in [1.29, 1.82) is 0 Å². The van der Waals surface area contributed by atoms with E-state index in [0.717, 1.165) is 13.1 Å². The molecule has 1 aliphatic heterocycles. The van der Waals surface area contributed by atoms with E-state index in [9.17, 15) is 19.7 Å². The third-order valence-corrected chi connectivity index (χ3v) is 3.70. The van der Waals surface area contributed by atoms with Crippen LogP contribution < -0.4 is 16.2 Å². The van der Waals surface area contributed by atoms with Gasteiger partial charge < -0.3 is 15.6 Å². The van der Waals surface area contributed by atoms with Gasteiger partial charge in [0.2, 0.25) is 5.56 Å². The Balaban J connectivity index is 0.00000192. The van der Waals surface area contributed by atoms with Gasteiger partial charge in [0.05, 0.1) is 10.5 Å². The molecule has 122 valence electrons. The van der Waals surface area contributed by atoms with Crippen LogP contribution in [0, 0.1) is 16.0 Å². The lowest BCUT2D eigenvalue weighted by molar-refractivity contribution is -0.384. The van der Waals surface area contributed by atoms with Crippen molar-refractivity contribution in [2.45, 2.75) is 0 Å². The molecule has 0 bridgehead atoms. The number of pyridine rings is 1. The second kappa shape index (κ2) is 6.76. The summed E-state index contributed by atoms with van der Waals surface area (Å²) < 4.78 is 0. The Labute approximate surface area is 136 Å². The Morgan fingerprint density at radius 3 is 2.70 bits per heavy atom. The summed E-state index contributed by atoms with van der Waals surface area (Å²) in [6.07, 6.45) is 0. The SMILES string of the molecule is Cl.O=C(NCC1CNC1)c1cc(=O)[nH]c2ccc([N+](=O)[O-])cc12. The number of rotatable bonds is 4. The van der Waals surface area contributed by atoms with Crippen molar-refractivity contribution in [3.63, 3.8) is 0 Å². The van der Waals surface area contributed by atoms with Crippen molar-refractivity contribution in [2.24, 2.45) is 5.92 Å². The predicted molar refractivity (Wildman–Crippen MR) is 87.2 cm³/mol. The molecule has 1 amide bonds. The number of aromatic amines is 1. The van der Waals surface area contributed by atoms with Crippen molar-refractivity contribution in [2.75, 3.05) is 19.6 Å². The molecule has 0 spiro atoms. The zero-order chi connectivity index (χ0) is 15.7. The molecule has 1 aromatic carbocycles. The molecule has 3 N–H and O–H groups in total. The summed E-state index contributed by atoms with van der Waals surface area (Å²) in [7, 11) is 0. The normalized spacial score (nSPS) is 13.9. The van der Waals surface area contributed by atoms with Crippen molar-refractivity contribution in [3.8, 4) is 0 Å². The van der Waals surface area contributed by atoms with Crippen LogP contribution in [0.15, 0.2) is 29.1 Å². The largest absolute Gasteiger partial charge is 0.352 e. The van der Waals surface area contributed by atoms with E-state index in [1.165, 1.54) is 24.3 Å². The molecule has 8 nitrogen and oxygen atoms in total. The van der Waals surface area contributed by atoms with E-state index in [-0.39, 0.29) is 23.7 Å². The number of non-ortho nitro benzene ring substituents is 1. The van der Waals surface area contributed by atoms with Gasteiger partial charge in [-0.3, -0.25) is 19.7 Å². The topological polar surface area (TPSA) is 117 Å². The third-order valence-electron chi connectivity index (χ3n) is 3.70. The van der Waals surface area contributed by atoms with E-state index in [4.69, 9.17) is 0 Å². The molecule has 9 heteroatoms. The smallest absolute Gasteiger partial charge is 0.270 e. The Bertz CT molecular complexity index is 816. The average Bonchev–Trinajstić information content (AvgIpc) is 2.43. The Hall–Kier alpha value is -2.45. The molecule has 1 saturated heterocycles. The van der Waals surface area contributed by atoms with Crippen LogP contribution in [0.5, 0.6) is 0 Å². The molecule has 0 unspecified atom stereocenters. The first kappa shape index (κ1) is 16.9. The lowest BCUT2D eigenvalue weighted by atomic mass is 10.0. The number of carbonyl (C=O) groups is 1. The molecule has 0 saturated carbocycles. The molecule has 0 aliphatic carbocycles. The van der Waals surface area contributed by atoms with Gasteiger partial charge >= 0.3 is 0 Å². The van der Waals surface area contributed by atoms with Crippen LogP contribution in [0.2, 0.25) is 0 Å². The van der Waals surface area contributed by atoms with Crippen molar-refractivity contribution >= 4 is 34.9 Å². The van der Waals surface area contributed by atoms with E-state index < -0.39 is 16.4 Å². The number of nitrogens with one attached hydrogen (secondary N) is 3. The number of hydrogen-bond acceptors (Lipinski definition) is 5. The summed E-state index contributed by atoms with van der Waals surface area (Å²) in [5, 5.41) is 17.1. The maximum atomic E-state index is 12.3. The molecule has 1 fully saturated rings. The maximum Gasteiger partial charge on any atom is 0.270 e. The number of nitro benzene ring substituents is 1. The lowest BCUT2D eigenvalue weighted by Gasteiger charge is -2.27. The first-order chi connectivity index (χ1) is 10.5. The Morgan fingerprint density at radius 2 is 2.09 bits per heavy atom. The molecule has 1 aliphatic rings. The van der Waals surface area contributed by atoms with Crippen LogP contribution in [0.4, 0.5) is 5.69 Å². The molecule has 1 aromatic heterocycles. The fraction of sp³-hybridized carbons (Fsp3) is 0.286. The highest BCUT2D eigenvalue weighted by molar-refractivity contribution is 6.06. The number of H-pyrrole nitrogens is 1. The number of carbonyl (C=O) groups excluding carboxylic acids is 1. The molecule has 3 rings (SSSR count). The molecule has 23 heavy (non-hydrogen) atoms.